The van der Waals surface area contributed by atoms with Crippen molar-refractivity contribution in [2.45, 2.75) is 107 Å². The summed E-state index contributed by atoms with van der Waals surface area (Å²) < 4.78 is 0. The Morgan fingerprint density at radius 3 is 0.921 bits per heavy atom. The number of rotatable bonds is 2. The van der Waals surface area contributed by atoms with Crippen LogP contribution in [-0.2, 0) is 20.8 Å². The molecular formula is C34H58Cl2SiZr. The normalized spacial score (nSPS) is 38.6. The number of hydrogen-bond acceptors (Lipinski definition) is 0. The van der Waals surface area contributed by atoms with Crippen LogP contribution in [0, 0.1) is 62.2 Å². The van der Waals surface area contributed by atoms with Crippen LogP contribution in [0.2, 0.25) is 24.2 Å². The minimum absolute atomic E-state index is 0. The van der Waals surface area contributed by atoms with Crippen molar-refractivity contribution in [1.82, 2.24) is 0 Å². The first-order chi connectivity index (χ1) is 16.6. The van der Waals surface area contributed by atoms with Crippen molar-refractivity contribution in [3.05, 3.63) is 59.4 Å². The van der Waals surface area contributed by atoms with Crippen molar-refractivity contribution in [2.24, 2.45) is 47.3 Å². The summed E-state index contributed by atoms with van der Waals surface area (Å²) in [6.07, 6.45) is 0. The molecule has 2 saturated carbocycles. The van der Waals surface area contributed by atoms with E-state index in [2.05, 4.69) is 96.2 Å². The average Bonchev–Trinajstić information content (AvgIpc) is 3.25. The molecular weight excluding hydrogens is 599 g/mol. The summed E-state index contributed by atoms with van der Waals surface area (Å²) in [7, 11) is 8.24. The van der Waals surface area contributed by atoms with Gasteiger partial charge in [0.15, 0.2) is 0 Å². The van der Waals surface area contributed by atoms with Gasteiger partial charge in [0, 0.05) is 0 Å². The topological polar surface area (TPSA) is 0 Å². The minimum atomic E-state index is -1.62. The molecule has 4 aliphatic carbocycles. The van der Waals surface area contributed by atoms with E-state index < -0.39 is 28.9 Å². The predicted octanol–water partition coefficient (Wildman–Crippen LogP) is 12.1. The van der Waals surface area contributed by atoms with Crippen molar-refractivity contribution in [2.75, 3.05) is 0 Å². The summed E-state index contributed by atoms with van der Waals surface area (Å²) in [5.74, 6) is 6.30. The molecule has 0 N–H and O–H groups in total. The van der Waals surface area contributed by atoms with Gasteiger partial charge in [0.2, 0.25) is 0 Å². The van der Waals surface area contributed by atoms with Crippen molar-refractivity contribution in [1.29, 1.82) is 0 Å². The van der Waals surface area contributed by atoms with Crippen LogP contribution < -0.4 is 0 Å². The zero-order valence-corrected chi connectivity index (χ0v) is 32.5. The standard InChI is InChI=1S/C32H52Si.2CH3.2ClH.Zr/c1-15-17(3)21(7)29-27(19(15)5)23(9)25(11)31(29)33(13,14)32-26(12)24(10)28-20(6)16(2)18(4)22(8)30(28)32;;;;;/h23-32H,1-14H3;2*1H3;2*1H;/q;2*-1;;;+4/p-2. The summed E-state index contributed by atoms with van der Waals surface area (Å²) in [6.45, 7) is 35.6. The molecule has 10 atom stereocenters. The quantitative estimate of drug-likeness (QED) is 0.205. The molecule has 0 nitrogen and oxygen atoms in total. The molecule has 38 heavy (non-hydrogen) atoms. The number of halogens is 2. The molecule has 4 heteroatoms. The Morgan fingerprint density at radius 2 is 0.684 bits per heavy atom. The van der Waals surface area contributed by atoms with Crippen LogP contribution in [0.1, 0.15) is 83.1 Å². The molecule has 0 bridgehead atoms. The zero-order chi connectivity index (χ0) is 27.6. The fraction of sp³-hybridized carbons (Fsp3) is 0.706. The van der Waals surface area contributed by atoms with Crippen LogP contribution in [0.25, 0.3) is 0 Å². The van der Waals surface area contributed by atoms with Crippen LogP contribution in [0.4, 0.5) is 0 Å². The van der Waals surface area contributed by atoms with Gasteiger partial charge in [0.25, 0.3) is 0 Å². The molecule has 2 fully saturated rings. The van der Waals surface area contributed by atoms with E-state index >= 15 is 0 Å². The van der Waals surface area contributed by atoms with Crippen LogP contribution in [-0.4, -0.2) is 8.07 Å². The molecule has 0 aromatic heterocycles. The molecule has 0 aromatic rings. The summed E-state index contributed by atoms with van der Waals surface area (Å²) >= 11 is -0.826. The van der Waals surface area contributed by atoms with Crippen molar-refractivity contribution < 1.29 is 20.8 Å². The molecule has 0 aliphatic heterocycles. The molecule has 0 saturated heterocycles. The fourth-order valence-corrected chi connectivity index (χ4v) is 16.7. The Labute approximate surface area is 258 Å². The predicted molar refractivity (Wildman–Crippen MR) is 174 cm³/mol. The van der Waals surface area contributed by atoms with Crippen molar-refractivity contribution in [3.63, 3.8) is 0 Å². The molecule has 4 aliphatic rings. The van der Waals surface area contributed by atoms with Gasteiger partial charge >= 0.3 is 37.9 Å². The van der Waals surface area contributed by atoms with Crippen LogP contribution in [0.3, 0.4) is 0 Å². The molecule has 0 radical (unpaired) electrons. The number of hydrogen-bond donors (Lipinski definition) is 0. The van der Waals surface area contributed by atoms with Gasteiger partial charge in [-0.05, 0) is 136 Å². The first kappa shape index (κ1) is 36.7. The molecule has 0 amide bonds. The molecule has 0 heterocycles. The Morgan fingerprint density at radius 1 is 0.474 bits per heavy atom. The Kier molecular flexibility index (Phi) is 12.8. The van der Waals surface area contributed by atoms with Crippen molar-refractivity contribution >= 4 is 25.1 Å². The van der Waals surface area contributed by atoms with E-state index in [-0.39, 0.29) is 14.9 Å². The van der Waals surface area contributed by atoms with Crippen LogP contribution in [0.15, 0.2) is 44.6 Å². The van der Waals surface area contributed by atoms with Gasteiger partial charge in [-0.2, -0.15) is 0 Å². The molecule has 0 aromatic carbocycles. The summed E-state index contributed by atoms with van der Waals surface area (Å²) in [6, 6.07) is 0. The second-order valence-electron chi connectivity index (χ2n) is 13.7. The summed E-state index contributed by atoms with van der Waals surface area (Å²) in [5.41, 5.74) is 15.0. The maximum atomic E-state index is 4.93. The van der Waals surface area contributed by atoms with E-state index in [1.54, 1.807) is 44.6 Å². The van der Waals surface area contributed by atoms with E-state index in [0.29, 0.717) is 0 Å². The number of fused-ring (bicyclic) bond motifs is 2. The SMILES string of the molecule is CC1=C(C)C2C(C)C(C)C([Si](C)(C)C3C(C)C(C)C4C(C)=C(C)C(C)=C(C)C43)C2C(C)=C1C.[CH3-].[CH3-].[Cl][Zr+2][Cl]. The van der Waals surface area contributed by atoms with E-state index in [9.17, 15) is 0 Å². The van der Waals surface area contributed by atoms with Gasteiger partial charge in [0.05, 0.1) is 8.07 Å². The Bertz CT molecular complexity index is 938. The van der Waals surface area contributed by atoms with Crippen LogP contribution in [0.5, 0.6) is 0 Å². The van der Waals surface area contributed by atoms with Crippen molar-refractivity contribution in [3.8, 4) is 0 Å². The molecule has 216 valence electrons. The van der Waals surface area contributed by atoms with Crippen LogP contribution >= 0.6 is 17.0 Å². The van der Waals surface area contributed by atoms with E-state index in [1.165, 1.54) is 0 Å². The summed E-state index contributed by atoms with van der Waals surface area (Å²) in [4.78, 5) is 0. The van der Waals surface area contributed by atoms with E-state index in [4.69, 9.17) is 17.0 Å². The second-order valence-corrected chi connectivity index (χ2v) is 22.4. The Balaban J connectivity index is 0.00000138. The monoisotopic (exact) mass is 654 g/mol. The third-order valence-corrected chi connectivity index (χ3v) is 17.9. The molecule has 4 rings (SSSR count). The maximum absolute atomic E-state index is 4.93. The first-order valence-electron chi connectivity index (χ1n) is 14.3. The molecule has 10 unspecified atom stereocenters. The average molecular weight is 657 g/mol. The first-order valence-corrected chi connectivity index (χ1v) is 23.7. The fourth-order valence-electron chi connectivity index (χ4n) is 10.2. The Hall–Kier alpha value is 0.640. The summed E-state index contributed by atoms with van der Waals surface area (Å²) in [5, 5.41) is 0. The van der Waals surface area contributed by atoms with Gasteiger partial charge in [-0.15, -0.1) is 0 Å². The second kappa shape index (κ2) is 13.3. The van der Waals surface area contributed by atoms with Gasteiger partial charge in [-0.3, -0.25) is 0 Å². The number of allylic oxidation sites excluding steroid dienone is 8. The van der Waals surface area contributed by atoms with E-state index in [0.717, 1.165) is 58.4 Å². The van der Waals surface area contributed by atoms with E-state index in [1.807, 2.05) is 0 Å². The van der Waals surface area contributed by atoms with Gasteiger partial charge < -0.3 is 14.9 Å². The third kappa shape index (κ3) is 5.42. The molecule has 0 spiro atoms. The zero-order valence-electron chi connectivity index (χ0n) is 27.5. The van der Waals surface area contributed by atoms with Gasteiger partial charge in [0.1, 0.15) is 0 Å². The van der Waals surface area contributed by atoms with Gasteiger partial charge in [-0.1, -0.05) is 63.1 Å². The van der Waals surface area contributed by atoms with Gasteiger partial charge in [-0.25, -0.2) is 0 Å². The third-order valence-electron chi connectivity index (χ3n) is 12.7.